The summed E-state index contributed by atoms with van der Waals surface area (Å²) >= 11 is 0. The molecule has 1 unspecified atom stereocenters. The molecule has 4 nitrogen and oxygen atoms in total. The van der Waals surface area contributed by atoms with Crippen molar-refractivity contribution < 1.29 is 22.7 Å². The van der Waals surface area contributed by atoms with Crippen molar-refractivity contribution in [2.75, 3.05) is 31.6 Å². The van der Waals surface area contributed by atoms with Gasteiger partial charge in [0.2, 0.25) is 5.91 Å². The largest absolute Gasteiger partial charge is 0.411 e. The van der Waals surface area contributed by atoms with Crippen LogP contribution in [-0.2, 0) is 9.53 Å². The maximum Gasteiger partial charge on any atom is 0.411 e. The number of ether oxygens (including phenoxy) is 1. The van der Waals surface area contributed by atoms with Gasteiger partial charge in [0.05, 0.1) is 12.5 Å². The van der Waals surface area contributed by atoms with E-state index in [9.17, 15) is 18.0 Å². The lowest BCUT2D eigenvalue weighted by molar-refractivity contribution is -0.173. The number of anilines is 1. The van der Waals surface area contributed by atoms with Crippen LogP contribution in [0.3, 0.4) is 0 Å². The molecular formula is C14H17F3N2O2. The number of carbonyl (C=O) groups excluding carboxylic acids is 1. The van der Waals surface area contributed by atoms with Gasteiger partial charge in [0, 0.05) is 18.8 Å². The highest BCUT2D eigenvalue weighted by Crippen LogP contribution is 2.31. The van der Waals surface area contributed by atoms with Crippen LogP contribution in [0.5, 0.6) is 0 Å². The van der Waals surface area contributed by atoms with E-state index in [2.05, 4.69) is 15.4 Å². The van der Waals surface area contributed by atoms with Gasteiger partial charge in [0.1, 0.15) is 6.61 Å². The van der Waals surface area contributed by atoms with E-state index in [0.29, 0.717) is 13.0 Å². The SMILES string of the molecule is O=C(NCCOCC(F)(F)F)C1CCNc2ccccc21. The molecule has 7 heteroatoms. The van der Waals surface area contributed by atoms with Crippen LogP contribution in [0, 0.1) is 0 Å². The van der Waals surface area contributed by atoms with Gasteiger partial charge in [-0.15, -0.1) is 0 Å². The molecule has 0 saturated heterocycles. The van der Waals surface area contributed by atoms with E-state index in [-0.39, 0.29) is 25.0 Å². The van der Waals surface area contributed by atoms with Gasteiger partial charge in [-0.05, 0) is 18.1 Å². The molecule has 1 aliphatic rings. The summed E-state index contributed by atoms with van der Waals surface area (Å²) in [4.78, 5) is 12.1. The van der Waals surface area contributed by atoms with Crippen molar-refractivity contribution in [2.45, 2.75) is 18.5 Å². The van der Waals surface area contributed by atoms with Gasteiger partial charge >= 0.3 is 6.18 Å². The third-order valence-corrected chi connectivity index (χ3v) is 3.21. The van der Waals surface area contributed by atoms with Gasteiger partial charge in [0.25, 0.3) is 0 Å². The smallest absolute Gasteiger partial charge is 0.385 e. The van der Waals surface area contributed by atoms with Gasteiger partial charge in [0.15, 0.2) is 0 Å². The van der Waals surface area contributed by atoms with Crippen LogP contribution in [0.2, 0.25) is 0 Å². The van der Waals surface area contributed by atoms with E-state index in [4.69, 9.17) is 0 Å². The molecule has 0 radical (unpaired) electrons. The average Bonchev–Trinajstić information content (AvgIpc) is 2.45. The maximum absolute atomic E-state index is 12.1. The fourth-order valence-electron chi connectivity index (χ4n) is 2.30. The Labute approximate surface area is 120 Å². The number of hydrogen-bond donors (Lipinski definition) is 2. The number of para-hydroxylation sites is 1. The summed E-state index contributed by atoms with van der Waals surface area (Å²) in [7, 11) is 0. The number of hydrogen-bond acceptors (Lipinski definition) is 3. The van der Waals surface area contributed by atoms with Crippen molar-refractivity contribution in [1.29, 1.82) is 0 Å². The summed E-state index contributed by atoms with van der Waals surface area (Å²) < 4.78 is 40.1. The molecule has 1 heterocycles. The first kappa shape index (κ1) is 15.6. The number of rotatable bonds is 5. The molecular weight excluding hydrogens is 285 g/mol. The molecule has 0 saturated carbocycles. The van der Waals surface area contributed by atoms with E-state index in [1.807, 2.05) is 24.3 Å². The normalized spacial score (nSPS) is 17.8. The first-order valence-electron chi connectivity index (χ1n) is 6.72. The number of fused-ring (bicyclic) bond motifs is 1. The van der Waals surface area contributed by atoms with E-state index in [0.717, 1.165) is 11.3 Å². The molecule has 116 valence electrons. The minimum Gasteiger partial charge on any atom is -0.385 e. The second-order valence-electron chi connectivity index (χ2n) is 4.81. The molecule has 0 aliphatic carbocycles. The predicted octanol–water partition coefficient (Wildman–Crippen LogP) is 2.28. The van der Waals surface area contributed by atoms with E-state index >= 15 is 0 Å². The van der Waals surface area contributed by atoms with Gasteiger partial charge in [-0.1, -0.05) is 18.2 Å². The lowest BCUT2D eigenvalue weighted by atomic mass is 9.90. The van der Waals surface area contributed by atoms with Gasteiger partial charge < -0.3 is 15.4 Å². The fourth-order valence-corrected chi connectivity index (χ4v) is 2.30. The Morgan fingerprint density at radius 2 is 2.14 bits per heavy atom. The number of carbonyl (C=O) groups is 1. The summed E-state index contributed by atoms with van der Waals surface area (Å²) in [6, 6.07) is 7.53. The van der Waals surface area contributed by atoms with Crippen molar-refractivity contribution in [1.82, 2.24) is 5.32 Å². The van der Waals surface area contributed by atoms with E-state index < -0.39 is 12.8 Å². The maximum atomic E-state index is 12.1. The number of halogens is 3. The molecule has 1 aromatic carbocycles. The zero-order valence-electron chi connectivity index (χ0n) is 11.4. The van der Waals surface area contributed by atoms with Crippen molar-refractivity contribution in [2.24, 2.45) is 0 Å². The average molecular weight is 302 g/mol. The Morgan fingerprint density at radius 3 is 2.90 bits per heavy atom. The molecule has 0 bridgehead atoms. The van der Waals surface area contributed by atoms with Crippen LogP contribution < -0.4 is 10.6 Å². The molecule has 1 aliphatic heterocycles. The third kappa shape index (κ3) is 4.63. The first-order chi connectivity index (χ1) is 9.97. The highest BCUT2D eigenvalue weighted by molar-refractivity contribution is 5.86. The number of nitrogens with one attached hydrogen (secondary N) is 2. The van der Waals surface area contributed by atoms with Crippen LogP contribution >= 0.6 is 0 Å². The third-order valence-electron chi connectivity index (χ3n) is 3.21. The van der Waals surface area contributed by atoms with Gasteiger partial charge in [-0.2, -0.15) is 13.2 Å². The zero-order chi connectivity index (χ0) is 15.3. The number of amides is 1. The summed E-state index contributed by atoms with van der Waals surface area (Å²) in [6.45, 7) is -0.683. The van der Waals surface area contributed by atoms with E-state index in [1.54, 1.807) is 0 Å². The van der Waals surface area contributed by atoms with Crippen LogP contribution in [0.4, 0.5) is 18.9 Å². The minimum atomic E-state index is -4.34. The highest BCUT2D eigenvalue weighted by Gasteiger charge is 2.28. The number of benzene rings is 1. The Bertz CT molecular complexity index is 491. The highest BCUT2D eigenvalue weighted by atomic mass is 19.4. The fraction of sp³-hybridized carbons (Fsp3) is 0.500. The van der Waals surface area contributed by atoms with Gasteiger partial charge in [-0.3, -0.25) is 4.79 Å². The standard InChI is InChI=1S/C14H17F3N2O2/c15-14(16,17)9-21-8-7-19-13(20)11-5-6-18-12-4-2-1-3-10(11)12/h1-4,11,18H,5-9H2,(H,19,20). The lowest BCUT2D eigenvalue weighted by Crippen LogP contribution is -2.35. The quantitative estimate of drug-likeness (QED) is 0.821. The molecule has 21 heavy (non-hydrogen) atoms. The molecule has 1 atom stereocenters. The van der Waals surface area contributed by atoms with Gasteiger partial charge in [-0.25, -0.2) is 0 Å². The summed E-state index contributed by atoms with van der Waals surface area (Å²) in [6.07, 6.45) is -3.68. The van der Waals surface area contributed by atoms with Crippen LogP contribution in [0.25, 0.3) is 0 Å². The number of alkyl halides is 3. The molecule has 2 N–H and O–H groups in total. The molecule has 1 aromatic rings. The topological polar surface area (TPSA) is 50.4 Å². The monoisotopic (exact) mass is 302 g/mol. The Hall–Kier alpha value is -1.76. The molecule has 0 spiro atoms. The summed E-state index contributed by atoms with van der Waals surface area (Å²) in [5.41, 5.74) is 1.84. The molecule has 2 rings (SSSR count). The van der Waals surface area contributed by atoms with E-state index in [1.165, 1.54) is 0 Å². The van der Waals surface area contributed by atoms with Crippen molar-refractivity contribution >= 4 is 11.6 Å². The van der Waals surface area contributed by atoms with Crippen molar-refractivity contribution in [3.8, 4) is 0 Å². The van der Waals surface area contributed by atoms with Crippen LogP contribution in [0.15, 0.2) is 24.3 Å². The summed E-state index contributed by atoms with van der Waals surface area (Å²) in [5.74, 6) is -0.454. The lowest BCUT2D eigenvalue weighted by Gasteiger charge is -2.25. The Balaban J connectivity index is 1.80. The molecule has 1 amide bonds. The first-order valence-corrected chi connectivity index (χ1v) is 6.72. The Morgan fingerprint density at radius 1 is 1.38 bits per heavy atom. The second kappa shape index (κ2) is 6.80. The predicted molar refractivity (Wildman–Crippen MR) is 72.2 cm³/mol. The Kier molecular flexibility index (Phi) is 5.06. The zero-order valence-corrected chi connectivity index (χ0v) is 11.4. The molecule has 0 fully saturated rings. The minimum absolute atomic E-state index is 0.0704. The summed E-state index contributed by atoms with van der Waals surface area (Å²) in [5, 5.41) is 5.83. The van der Waals surface area contributed by atoms with Crippen LogP contribution in [-0.4, -0.2) is 38.4 Å². The van der Waals surface area contributed by atoms with Crippen molar-refractivity contribution in [3.05, 3.63) is 29.8 Å². The van der Waals surface area contributed by atoms with Crippen molar-refractivity contribution in [3.63, 3.8) is 0 Å². The molecule has 0 aromatic heterocycles. The second-order valence-corrected chi connectivity index (χ2v) is 4.81. The van der Waals surface area contributed by atoms with Crippen LogP contribution in [0.1, 0.15) is 17.9 Å².